The third-order valence-electron chi connectivity index (χ3n) is 2.17. The molecule has 82 valence electrons. The van der Waals surface area contributed by atoms with Crippen molar-refractivity contribution in [1.29, 1.82) is 0 Å². The van der Waals surface area contributed by atoms with Crippen molar-refractivity contribution in [2.24, 2.45) is 5.73 Å². The molecule has 0 unspecified atom stereocenters. The largest absolute Gasteiger partial charge is 0.495 e. The van der Waals surface area contributed by atoms with Gasteiger partial charge in [0, 0.05) is 0 Å². The van der Waals surface area contributed by atoms with Crippen LogP contribution in [0.1, 0.15) is 13.8 Å². The van der Waals surface area contributed by atoms with Gasteiger partial charge in [-0.25, -0.2) is 0 Å². The minimum Gasteiger partial charge on any atom is -0.495 e. The molecule has 0 heterocycles. The first kappa shape index (κ1) is 11.4. The molecule has 0 spiro atoms. The molecule has 4 nitrogen and oxygen atoms in total. The lowest BCUT2D eigenvalue weighted by atomic mass is 10.0. The van der Waals surface area contributed by atoms with Gasteiger partial charge in [0.25, 0.3) is 0 Å². The van der Waals surface area contributed by atoms with Crippen LogP contribution < -0.4 is 15.8 Å². The van der Waals surface area contributed by atoms with Crippen LogP contribution in [0, 0.1) is 0 Å². The summed E-state index contributed by atoms with van der Waals surface area (Å²) >= 11 is 0. The zero-order valence-electron chi connectivity index (χ0n) is 9.20. The van der Waals surface area contributed by atoms with Gasteiger partial charge >= 0.3 is 0 Å². The summed E-state index contributed by atoms with van der Waals surface area (Å²) in [5.41, 5.74) is 5.22. The summed E-state index contributed by atoms with van der Waals surface area (Å²) in [6.07, 6.45) is 0. The quantitative estimate of drug-likeness (QED) is 0.785. The van der Waals surface area contributed by atoms with Crippen LogP contribution in [0.2, 0.25) is 0 Å². The molecule has 1 aromatic rings. The van der Waals surface area contributed by atoms with Crippen molar-refractivity contribution >= 4 is 11.6 Å². The number of hydrogen-bond donors (Lipinski definition) is 2. The number of methoxy groups -OCH3 is 1. The smallest absolute Gasteiger partial charge is 0.242 e. The molecule has 3 N–H and O–H groups in total. The van der Waals surface area contributed by atoms with Crippen molar-refractivity contribution in [1.82, 2.24) is 0 Å². The van der Waals surface area contributed by atoms with Gasteiger partial charge in [-0.05, 0) is 26.0 Å². The molecule has 1 amide bonds. The number of hydrogen-bond acceptors (Lipinski definition) is 3. The van der Waals surface area contributed by atoms with E-state index in [0.717, 1.165) is 5.69 Å². The minimum atomic E-state index is -0.797. The Bertz CT molecular complexity index is 361. The molecule has 0 aromatic heterocycles. The molecule has 0 fully saturated rings. The Labute approximate surface area is 89.4 Å². The van der Waals surface area contributed by atoms with Gasteiger partial charge < -0.3 is 15.8 Å². The standard InChI is InChI=1S/C11H16N2O2/c1-11(2,10(12)14)13-8-6-4-5-7-9(8)15-3/h4-7,13H,1-3H3,(H2,12,14). The van der Waals surface area contributed by atoms with Crippen LogP contribution in [0.5, 0.6) is 5.75 Å². The summed E-state index contributed by atoms with van der Waals surface area (Å²) in [4.78, 5) is 11.1. The molecule has 0 saturated heterocycles. The van der Waals surface area contributed by atoms with Crippen molar-refractivity contribution in [3.05, 3.63) is 24.3 Å². The normalized spacial score (nSPS) is 10.9. The highest BCUT2D eigenvalue weighted by Crippen LogP contribution is 2.26. The fraction of sp³-hybridized carbons (Fsp3) is 0.364. The second-order valence-corrected chi connectivity index (χ2v) is 3.81. The van der Waals surface area contributed by atoms with Crippen LogP contribution in [0.15, 0.2) is 24.3 Å². The number of anilines is 1. The number of ether oxygens (including phenoxy) is 1. The summed E-state index contributed by atoms with van der Waals surface area (Å²) in [5.74, 6) is 0.278. The number of nitrogens with two attached hydrogens (primary N) is 1. The van der Waals surface area contributed by atoms with E-state index in [9.17, 15) is 4.79 Å². The third kappa shape index (κ3) is 2.62. The summed E-state index contributed by atoms with van der Waals surface area (Å²) in [6.45, 7) is 3.45. The third-order valence-corrected chi connectivity index (χ3v) is 2.17. The number of carbonyl (C=O) groups excluding carboxylic acids is 1. The number of carbonyl (C=O) groups is 1. The average Bonchev–Trinajstić information content (AvgIpc) is 2.18. The van der Waals surface area contributed by atoms with Gasteiger partial charge in [0.1, 0.15) is 11.3 Å². The number of rotatable bonds is 4. The highest BCUT2D eigenvalue weighted by molar-refractivity contribution is 5.87. The molecule has 0 bridgehead atoms. The number of nitrogens with one attached hydrogen (secondary N) is 1. The fourth-order valence-electron chi connectivity index (χ4n) is 1.15. The second-order valence-electron chi connectivity index (χ2n) is 3.81. The highest BCUT2D eigenvalue weighted by Gasteiger charge is 2.25. The molecule has 0 atom stereocenters. The van der Waals surface area contributed by atoms with Crippen LogP contribution in [0.25, 0.3) is 0 Å². The fourth-order valence-corrected chi connectivity index (χ4v) is 1.15. The van der Waals surface area contributed by atoms with E-state index >= 15 is 0 Å². The van der Waals surface area contributed by atoms with Crippen molar-refractivity contribution in [3.63, 3.8) is 0 Å². The molecular formula is C11H16N2O2. The highest BCUT2D eigenvalue weighted by atomic mass is 16.5. The Morgan fingerprint density at radius 3 is 2.53 bits per heavy atom. The van der Waals surface area contributed by atoms with Gasteiger partial charge in [-0.3, -0.25) is 4.79 Å². The van der Waals surface area contributed by atoms with E-state index in [-0.39, 0.29) is 0 Å². The van der Waals surface area contributed by atoms with Crippen LogP contribution in [-0.4, -0.2) is 18.6 Å². The van der Waals surface area contributed by atoms with Crippen molar-refractivity contribution < 1.29 is 9.53 Å². The molecule has 1 rings (SSSR count). The average molecular weight is 208 g/mol. The van der Waals surface area contributed by atoms with Gasteiger partial charge in [-0.15, -0.1) is 0 Å². The number of benzene rings is 1. The SMILES string of the molecule is COc1ccccc1NC(C)(C)C(N)=O. The maximum absolute atomic E-state index is 11.1. The van der Waals surface area contributed by atoms with E-state index in [0.29, 0.717) is 5.75 Å². The lowest BCUT2D eigenvalue weighted by molar-refractivity contribution is -0.121. The number of amides is 1. The van der Waals surface area contributed by atoms with Crippen LogP contribution in [0.4, 0.5) is 5.69 Å². The molecule has 0 aliphatic rings. The first-order chi connectivity index (χ1) is 6.97. The first-order valence-electron chi connectivity index (χ1n) is 4.68. The molecule has 0 aliphatic heterocycles. The summed E-state index contributed by atoms with van der Waals surface area (Å²) in [6, 6.07) is 7.38. The van der Waals surface area contributed by atoms with E-state index in [1.165, 1.54) is 0 Å². The molecule has 0 aliphatic carbocycles. The van der Waals surface area contributed by atoms with Gasteiger partial charge in [0.2, 0.25) is 5.91 Å². The van der Waals surface area contributed by atoms with Crippen LogP contribution in [0.3, 0.4) is 0 Å². The Hall–Kier alpha value is -1.71. The molecule has 0 radical (unpaired) electrons. The molecule has 4 heteroatoms. The van der Waals surface area contributed by atoms with E-state index in [1.807, 2.05) is 24.3 Å². The number of para-hydroxylation sites is 2. The second kappa shape index (κ2) is 4.21. The van der Waals surface area contributed by atoms with E-state index in [2.05, 4.69) is 5.32 Å². The van der Waals surface area contributed by atoms with E-state index in [1.54, 1.807) is 21.0 Å². The number of primary amides is 1. The molecule has 0 saturated carbocycles. The van der Waals surface area contributed by atoms with Crippen molar-refractivity contribution in [2.45, 2.75) is 19.4 Å². The predicted octanol–water partition coefficient (Wildman–Crippen LogP) is 1.37. The van der Waals surface area contributed by atoms with E-state index in [4.69, 9.17) is 10.5 Å². The Balaban J connectivity index is 2.94. The first-order valence-corrected chi connectivity index (χ1v) is 4.68. The Morgan fingerprint density at radius 2 is 2.00 bits per heavy atom. The van der Waals surface area contributed by atoms with Gasteiger partial charge in [0.05, 0.1) is 12.8 Å². The monoisotopic (exact) mass is 208 g/mol. The summed E-state index contributed by atoms with van der Waals surface area (Å²) in [5, 5.41) is 3.04. The summed E-state index contributed by atoms with van der Waals surface area (Å²) < 4.78 is 5.16. The zero-order chi connectivity index (χ0) is 11.5. The van der Waals surface area contributed by atoms with Crippen LogP contribution >= 0.6 is 0 Å². The maximum atomic E-state index is 11.1. The van der Waals surface area contributed by atoms with Gasteiger partial charge in [-0.2, -0.15) is 0 Å². The lowest BCUT2D eigenvalue weighted by Crippen LogP contribution is -2.45. The molecule has 1 aromatic carbocycles. The van der Waals surface area contributed by atoms with E-state index < -0.39 is 11.4 Å². The Morgan fingerprint density at radius 1 is 1.40 bits per heavy atom. The zero-order valence-corrected chi connectivity index (χ0v) is 9.20. The van der Waals surface area contributed by atoms with Crippen molar-refractivity contribution in [2.75, 3.05) is 12.4 Å². The minimum absolute atomic E-state index is 0.409. The molecule has 15 heavy (non-hydrogen) atoms. The topological polar surface area (TPSA) is 64.3 Å². The lowest BCUT2D eigenvalue weighted by Gasteiger charge is -2.24. The molecular weight excluding hydrogens is 192 g/mol. The predicted molar refractivity (Wildman–Crippen MR) is 59.9 cm³/mol. The maximum Gasteiger partial charge on any atom is 0.242 e. The van der Waals surface area contributed by atoms with Crippen LogP contribution in [-0.2, 0) is 4.79 Å². The van der Waals surface area contributed by atoms with Crippen molar-refractivity contribution in [3.8, 4) is 5.75 Å². The van der Waals surface area contributed by atoms with Gasteiger partial charge in [0.15, 0.2) is 0 Å². The van der Waals surface area contributed by atoms with Gasteiger partial charge in [-0.1, -0.05) is 12.1 Å². The Kier molecular flexibility index (Phi) is 3.19. The summed E-state index contributed by atoms with van der Waals surface area (Å²) in [7, 11) is 1.58.